The van der Waals surface area contributed by atoms with Crippen LogP contribution in [0.5, 0.6) is 5.75 Å². The van der Waals surface area contributed by atoms with Crippen LogP contribution in [0, 0.1) is 47.1 Å². The topological polar surface area (TPSA) is 26.3 Å². The summed E-state index contributed by atoms with van der Waals surface area (Å²) in [6.07, 6.45) is 12.7. The predicted octanol–water partition coefficient (Wildman–Crippen LogP) is 9.50. The third-order valence-corrected chi connectivity index (χ3v) is 9.53. The first-order valence-corrected chi connectivity index (χ1v) is 14.4. The molecule has 0 aromatic heterocycles. The third-order valence-electron chi connectivity index (χ3n) is 9.53. The van der Waals surface area contributed by atoms with Gasteiger partial charge < -0.3 is 4.74 Å². The summed E-state index contributed by atoms with van der Waals surface area (Å²) in [6.45, 7) is 2.25. The lowest BCUT2D eigenvalue weighted by Gasteiger charge is -2.46. The van der Waals surface area contributed by atoms with E-state index in [1.54, 1.807) is 0 Å². The number of hydrogen-bond acceptors (Lipinski definition) is 2. The zero-order valence-electron chi connectivity index (χ0n) is 21.9. The fourth-order valence-electron chi connectivity index (χ4n) is 7.60. The van der Waals surface area contributed by atoms with Crippen LogP contribution in [0.1, 0.15) is 109 Å². The number of esters is 1. The fraction of sp³-hybridized carbons (Fsp3) is 0.767. The van der Waals surface area contributed by atoms with Crippen molar-refractivity contribution in [3.63, 3.8) is 0 Å². The van der Waals surface area contributed by atoms with Crippen molar-refractivity contribution in [1.82, 2.24) is 0 Å². The van der Waals surface area contributed by atoms with Crippen LogP contribution < -0.4 is 4.74 Å². The van der Waals surface area contributed by atoms with Crippen LogP contribution in [0.25, 0.3) is 0 Å². The Hall–Kier alpha value is -1.66. The Labute approximate surface area is 217 Å². The molecular weight excluding hydrogens is 487 g/mol. The molecule has 0 heterocycles. The Kier molecular flexibility index (Phi) is 9.55. The summed E-state index contributed by atoms with van der Waals surface area (Å²) in [7, 11) is 0. The Morgan fingerprint density at radius 2 is 1.54 bits per heavy atom. The first-order valence-electron chi connectivity index (χ1n) is 14.4. The number of alkyl halides is 3. The molecule has 0 amide bonds. The lowest BCUT2D eigenvalue weighted by Crippen LogP contribution is -2.40. The summed E-state index contributed by atoms with van der Waals surface area (Å²) in [5, 5.41) is 0. The molecule has 3 fully saturated rings. The number of rotatable bonds is 8. The monoisotopic (exact) mass is 528 g/mol. The predicted molar refractivity (Wildman–Crippen MR) is 133 cm³/mol. The van der Waals surface area contributed by atoms with Crippen molar-refractivity contribution < 1.29 is 31.5 Å². The Morgan fingerprint density at radius 3 is 2.19 bits per heavy atom. The molecule has 3 aliphatic rings. The van der Waals surface area contributed by atoms with Gasteiger partial charge in [-0.1, -0.05) is 64.7 Å². The van der Waals surface area contributed by atoms with Crippen LogP contribution in [0.2, 0.25) is 0 Å². The van der Waals surface area contributed by atoms with Gasteiger partial charge in [-0.25, -0.2) is 8.78 Å². The van der Waals surface area contributed by atoms with Crippen molar-refractivity contribution in [1.29, 1.82) is 0 Å². The maximum absolute atomic E-state index is 14.0. The van der Waals surface area contributed by atoms with Gasteiger partial charge in [-0.2, -0.15) is 13.2 Å². The first kappa shape index (κ1) is 28.4. The highest BCUT2D eigenvalue weighted by atomic mass is 19.4. The molecule has 0 saturated heterocycles. The van der Waals surface area contributed by atoms with E-state index in [9.17, 15) is 26.7 Å². The van der Waals surface area contributed by atoms with Gasteiger partial charge in [-0.3, -0.25) is 4.79 Å². The average Bonchev–Trinajstić information content (AvgIpc) is 2.85. The van der Waals surface area contributed by atoms with Crippen molar-refractivity contribution in [2.75, 3.05) is 0 Å². The second-order valence-electron chi connectivity index (χ2n) is 11.8. The molecule has 4 rings (SSSR count). The molecule has 0 N–H and O–H groups in total. The van der Waals surface area contributed by atoms with Crippen molar-refractivity contribution in [3.8, 4) is 5.75 Å². The van der Waals surface area contributed by atoms with Gasteiger partial charge in [0.2, 0.25) is 0 Å². The zero-order valence-corrected chi connectivity index (χ0v) is 21.9. The summed E-state index contributed by atoms with van der Waals surface area (Å²) < 4.78 is 71.7. The van der Waals surface area contributed by atoms with Crippen LogP contribution in [0.4, 0.5) is 22.0 Å². The SMILES string of the molecule is CCCCCCC1CCC(C2CCC3C(CCCC3C(=O)Oc3cc(F)c(C(F)(F)F)c(F)c3)C2)CC1. The second-order valence-corrected chi connectivity index (χ2v) is 11.8. The molecule has 208 valence electrons. The molecule has 1 aromatic rings. The zero-order chi connectivity index (χ0) is 26.6. The van der Waals surface area contributed by atoms with Gasteiger partial charge in [0, 0.05) is 12.1 Å². The van der Waals surface area contributed by atoms with Crippen LogP contribution in [0.15, 0.2) is 12.1 Å². The number of unbranched alkanes of at least 4 members (excludes halogenated alkanes) is 3. The maximum atomic E-state index is 14.0. The minimum absolute atomic E-state index is 0.177. The quantitative estimate of drug-likeness (QED) is 0.145. The normalized spacial score (nSPS) is 30.5. The number of ether oxygens (including phenoxy) is 1. The molecule has 0 spiro atoms. The maximum Gasteiger partial charge on any atom is 0.422 e. The highest BCUT2D eigenvalue weighted by Crippen LogP contribution is 2.50. The van der Waals surface area contributed by atoms with Gasteiger partial charge in [0.1, 0.15) is 22.9 Å². The van der Waals surface area contributed by atoms with Gasteiger partial charge in [0.25, 0.3) is 0 Å². The number of hydrogen-bond donors (Lipinski definition) is 0. The van der Waals surface area contributed by atoms with E-state index in [-0.39, 0.29) is 11.8 Å². The average molecular weight is 529 g/mol. The standard InChI is InChI=1S/C30H41F5O2/c1-2-3-4-5-7-19-10-12-20(13-11-19)21-14-15-24-22(16-21)8-6-9-25(24)29(36)37-23-17-26(31)28(27(32)18-23)30(33,34)35/h17-22,24-25H,2-16H2,1H3. The molecule has 1 aromatic carbocycles. The van der Waals surface area contributed by atoms with Gasteiger partial charge in [-0.05, 0) is 68.1 Å². The number of halogens is 5. The van der Waals surface area contributed by atoms with E-state index in [1.807, 2.05) is 0 Å². The van der Waals surface area contributed by atoms with Crippen molar-refractivity contribution in [2.24, 2.45) is 35.5 Å². The van der Waals surface area contributed by atoms with Gasteiger partial charge in [0.15, 0.2) is 0 Å². The molecule has 0 bridgehead atoms. The molecule has 0 radical (unpaired) electrons. The molecule has 3 aliphatic carbocycles. The third kappa shape index (κ3) is 7.06. The number of benzene rings is 1. The lowest BCUT2D eigenvalue weighted by molar-refractivity contribution is -0.144. The molecule has 4 unspecified atom stereocenters. The van der Waals surface area contributed by atoms with E-state index in [0.717, 1.165) is 43.9 Å². The van der Waals surface area contributed by atoms with Crippen LogP contribution in [0.3, 0.4) is 0 Å². The molecule has 2 nitrogen and oxygen atoms in total. The van der Waals surface area contributed by atoms with Crippen molar-refractivity contribution >= 4 is 5.97 Å². The van der Waals surface area contributed by atoms with E-state index in [2.05, 4.69) is 6.92 Å². The van der Waals surface area contributed by atoms with Crippen LogP contribution >= 0.6 is 0 Å². The van der Waals surface area contributed by atoms with E-state index in [4.69, 9.17) is 4.74 Å². The Balaban J connectivity index is 1.30. The molecule has 4 atom stereocenters. The largest absolute Gasteiger partial charge is 0.426 e. The van der Waals surface area contributed by atoms with Crippen LogP contribution in [-0.4, -0.2) is 5.97 Å². The smallest absolute Gasteiger partial charge is 0.422 e. The molecule has 7 heteroatoms. The summed E-state index contributed by atoms with van der Waals surface area (Å²) in [5.74, 6) is -2.00. The first-order chi connectivity index (χ1) is 17.7. The lowest BCUT2D eigenvalue weighted by atomic mass is 9.59. The summed E-state index contributed by atoms with van der Waals surface area (Å²) in [5.41, 5.74) is -1.96. The molecule has 0 aliphatic heterocycles. The summed E-state index contributed by atoms with van der Waals surface area (Å²) in [4.78, 5) is 13.0. The highest BCUT2D eigenvalue weighted by Gasteiger charge is 2.44. The van der Waals surface area contributed by atoms with Crippen molar-refractivity contribution in [2.45, 2.75) is 109 Å². The summed E-state index contributed by atoms with van der Waals surface area (Å²) >= 11 is 0. The minimum atomic E-state index is -5.15. The number of carbonyl (C=O) groups is 1. The van der Waals surface area contributed by atoms with E-state index >= 15 is 0 Å². The second kappa shape index (κ2) is 12.5. The fourth-order valence-corrected chi connectivity index (χ4v) is 7.60. The van der Waals surface area contributed by atoms with Gasteiger partial charge in [-0.15, -0.1) is 0 Å². The highest BCUT2D eigenvalue weighted by molar-refractivity contribution is 5.75. The number of carbonyl (C=O) groups excluding carboxylic acids is 1. The molecule has 37 heavy (non-hydrogen) atoms. The Morgan fingerprint density at radius 1 is 0.865 bits per heavy atom. The molecule has 3 saturated carbocycles. The summed E-state index contributed by atoms with van der Waals surface area (Å²) in [6, 6.07) is 0.919. The van der Waals surface area contributed by atoms with Gasteiger partial charge in [0.05, 0.1) is 5.92 Å². The van der Waals surface area contributed by atoms with Crippen LogP contribution in [-0.2, 0) is 11.0 Å². The Bertz CT molecular complexity index is 883. The minimum Gasteiger partial charge on any atom is -0.426 e. The number of fused-ring (bicyclic) bond motifs is 1. The van der Waals surface area contributed by atoms with E-state index < -0.39 is 35.1 Å². The van der Waals surface area contributed by atoms with Crippen molar-refractivity contribution in [3.05, 3.63) is 29.3 Å². The van der Waals surface area contributed by atoms with E-state index in [0.29, 0.717) is 30.4 Å². The van der Waals surface area contributed by atoms with E-state index in [1.165, 1.54) is 57.8 Å². The van der Waals surface area contributed by atoms with Gasteiger partial charge >= 0.3 is 12.1 Å². The molecular formula is C30H41F5O2.